The Hall–Kier alpha value is -0.140. The minimum atomic E-state index is -0.170. The van der Waals surface area contributed by atoms with Crippen molar-refractivity contribution < 1.29 is 9.90 Å². The Labute approximate surface area is 104 Å². The molecule has 1 aromatic rings. The lowest BCUT2D eigenvalue weighted by atomic mass is 10.2. The lowest BCUT2D eigenvalue weighted by molar-refractivity contribution is 0.0944. The quantitative estimate of drug-likeness (QED) is 0.798. The normalized spacial score (nSPS) is 9.93. The minimum Gasteiger partial charge on any atom is -0.395 e. The maximum atomic E-state index is 11.4. The monoisotopic (exact) mass is 369 g/mol. The Balaban J connectivity index is 2.76. The van der Waals surface area contributed by atoms with E-state index in [-0.39, 0.29) is 19.1 Å². The van der Waals surface area contributed by atoms with Crippen LogP contribution in [0.25, 0.3) is 0 Å². The van der Waals surface area contributed by atoms with E-state index in [1.807, 2.05) is 6.07 Å². The molecule has 0 unspecified atom stereocenters. The van der Waals surface area contributed by atoms with Gasteiger partial charge in [0.2, 0.25) is 0 Å². The molecular formula is C9H9BrINO2. The average Bonchev–Trinajstić information content (AvgIpc) is 2.18. The Morgan fingerprint density at radius 3 is 2.86 bits per heavy atom. The average molecular weight is 370 g/mol. The van der Waals surface area contributed by atoms with Crippen LogP contribution in [-0.2, 0) is 0 Å². The van der Waals surface area contributed by atoms with Crippen LogP contribution in [0.4, 0.5) is 0 Å². The third kappa shape index (κ3) is 3.21. The molecule has 0 bridgehead atoms. The number of aliphatic hydroxyl groups excluding tert-OH is 1. The number of amides is 1. The van der Waals surface area contributed by atoms with Crippen molar-refractivity contribution in [1.29, 1.82) is 0 Å². The summed E-state index contributed by atoms with van der Waals surface area (Å²) >= 11 is 5.52. The van der Waals surface area contributed by atoms with Gasteiger partial charge in [-0.15, -0.1) is 0 Å². The minimum absolute atomic E-state index is 0.0444. The van der Waals surface area contributed by atoms with E-state index in [0.29, 0.717) is 5.56 Å². The molecule has 1 amide bonds. The molecule has 0 radical (unpaired) electrons. The predicted octanol–water partition coefficient (Wildman–Crippen LogP) is 1.78. The number of aliphatic hydroxyl groups is 1. The van der Waals surface area contributed by atoms with E-state index in [9.17, 15) is 4.79 Å². The van der Waals surface area contributed by atoms with E-state index in [2.05, 4.69) is 43.8 Å². The first kappa shape index (κ1) is 11.9. The molecule has 5 heteroatoms. The second-order valence-electron chi connectivity index (χ2n) is 2.61. The number of halogens is 2. The largest absolute Gasteiger partial charge is 0.395 e. The molecule has 0 atom stereocenters. The zero-order valence-electron chi connectivity index (χ0n) is 7.26. The van der Waals surface area contributed by atoms with Gasteiger partial charge >= 0.3 is 0 Å². The third-order valence-electron chi connectivity index (χ3n) is 1.58. The molecule has 1 rings (SSSR count). The number of nitrogens with one attached hydrogen (secondary N) is 1. The maximum Gasteiger partial charge on any atom is 0.251 e. The van der Waals surface area contributed by atoms with Crippen LogP contribution >= 0.6 is 38.5 Å². The molecule has 0 aliphatic heterocycles. The molecule has 0 aliphatic rings. The fraction of sp³-hybridized carbons (Fsp3) is 0.222. The summed E-state index contributed by atoms with van der Waals surface area (Å²) < 4.78 is 1.95. The van der Waals surface area contributed by atoms with Gasteiger partial charge in [-0.05, 0) is 56.7 Å². The summed E-state index contributed by atoms with van der Waals surface area (Å²) in [6.45, 7) is 0.236. The molecule has 0 saturated carbocycles. The van der Waals surface area contributed by atoms with E-state index >= 15 is 0 Å². The molecule has 3 nitrogen and oxygen atoms in total. The first-order valence-electron chi connectivity index (χ1n) is 3.99. The topological polar surface area (TPSA) is 49.3 Å². The molecule has 1 aromatic carbocycles. The van der Waals surface area contributed by atoms with Crippen LogP contribution in [0.5, 0.6) is 0 Å². The molecule has 0 saturated heterocycles. The van der Waals surface area contributed by atoms with Gasteiger partial charge in [0.25, 0.3) is 5.91 Å². The maximum absolute atomic E-state index is 11.4. The molecule has 0 heterocycles. The number of hydrogen-bond donors (Lipinski definition) is 2. The van der Waals surface area contributed by atoms with Gasteiger partial charge in [-0.3, -0.25) is 4.79 Å². The van der Waals surface area contributed by atoms with Crippen LogP contribution in [0.1, 0.15) is 10.4 Å². The van der Waals surface area contributed by atoms with Gasteiger partial charge in [0, 0.05) is 20.2 Å². The molecule has 0 fully saturated rings. The van der Waals surface area contributed by atoms with Gasteiger partial charge < -0.3 is 10.4 Å². The first-order chi connectivity index (χ1) is 6.65. The SMILES string of the molecule is O=C(NCCO)c1ccc(I)c(Br)c1. The van der Waals surface area contributed by atoms with Crippen molar-refractivity contribution in [2.24, 2.45) is 0 Å². The highest BCUT2D eigenvalue weighted by Gasteiger charge is 2.06. The fourth-order valence-corrected chi connectivity index (χ4v) is 1.62. The zero-order valence-corrected chi connectivity index (χ0v) is 11.0. The lowest BCUT2D eigenvalue weighted by Crippen LogP contribution is -2.26. The molecule has 0 aliphatic carbocycles. The van der Waals surface area contributed by atoms with E-state index in [4.69, 9.17) is 5.11 Å². The first-order valence-corrected chi connectivity index (χ1v) is 5.86. The molecule has 0 aromatic heterocycles. The van der Waals surface area contributed by atoms with Crippen LogP contribution < -0.4 is 5.32 Å². The summed E-state index contributed by atoms with van der Waals surface area (Å²) in [5.74, 6) is -0.170. The highest BCUT2D eigenvalue weighted by molar-refractivity contribution is 14.1. The van der Waals surface area contributed by atoms with E-state index < -0.39 is 0 Å². The van der Waals surface area contributed by atoms with Crippen LogP contribution in [0.15, 0.2) is 22.7 Å². The van der Waals surface area contributed by atoms with Crippen LogP contribution in [0, 0.1) is 3.57 Å². The number of hydrogen-bond acceptors (Lipinski definition) is 2. The Morgan fingerprint density at radius 1 is 1.57 bits per heavy atom. The van der Waals surface area contributed by atoms with Crippen molar-refractivity contribution >= 4 is 44.4 Å². The number of carbonyl (C=O) groups is 1. The Morgan fingerprint density at radius 2 is 2.29 bits per heavy atom. The molecule has 14 heavy (non-hydrogen) atoms. The van der Waals surface area contributed by atoms with Gasteiger partial charge in [-0.1, -0.05) is 0 Å². The van der Waals surface area contributed by atoms with Crippen molar-refractivity contribution in [2.45, 2.75) is 0 Å². The second kappa shape index (κ2) is 5.67. The summed E-state index contributed by atoms with van der Waals surface area (Å²) in [5.41, 5.74) is 0.589. The van der Waals surface area contributed by atoms with Gasteiger partial charge in [0.05, 0.1) is 6.61 Å². The number of benzene rings is 1. The smallest absolute Gasteiger partial charge is 0.251 e. The predicted molar refractivity (Wildman–Crippen MR) is 66.3 cm³/mol. The highest BCUT2D eigenvalue weighted by Crippen LogP contribution is 2.20. The van der Waals surface area contributed by atoms with Crippen LogP contribution in [0.2, 0.25) is 0 Å². The fourth-order valence-electron chi connectivity index (χ4n) is 0.909. The van der Waals surface area contributed by atoms with Gasteiger partial charge in [-0.25, -0.2) is 0 Å². The van der Waals surface area contributed by atoms with Gasteiger partial charge in [-0.2, -0.15) is 0 Å². The third-order valence-corrected chi connectivity index (χ3v) is 3.92. The summed E-state index contributed by atoms with van der Waals surface area (Å²) in [6.07, 6.45) is 0. The zero-order chi connectivity index (χ0) is 10.6. The van der Waals surface area contributed by atoms with E-state index in [0.717, 1.165) is 8.04 Å². The van der Waals surface area contributed by atoms with Crippen LogP contribution in [0.3, 0.4) is 0 Å². The number of rotatable bonds is 3. The van der Waals surface area contributed by atoms with Crippen molar-refractivity contribution in [1.82, 2.24) is 5.32 Å². The van der Waals surface area contributed by atoms with E-state index in [1.54, 1.807) is 12.1 Å². The standard InChI is InChI=1S/C9H9BrINO2/c10-7-5-6(1-2-8(7)11)9(14)12-3-4-13/h1-2,5,13H,3-4H2,(H,12,14). The highest BCUT2D eigenvalue weighted by atomic mass is 127. The summed E-state index contributed by atoms with van der Waals surface area (Å²) in [4.78, 5) is 11.4. The van der Waals surface area contributed by atoms with Gasteiger partial charge in [0.15, 0.2) is 0 Å². The van der Waals surface area contributed by atoms with Crippen molar-refractivity contribution in [3.05, 3.63) is 31.8 Å². The molecule has 0 spiro atoms. The van der Waals surface area contributed by atoms with Crippen molar-refractivity contribution in [3.63, 3.8) is 0 Å². The lowest BCUT2D eigenvalue weighted by Gasteiger charge is -2.04. The number of carbonyl (C=O) groups excluding carboxylic acids is 1. The van der Waals surface area contributed by atoms with Crippen LogP contribution in [-0.4, -0.2) is 24.2 Å². The van der Waals surface area contributed by atoms with Crippen molar-refractivity contribution in [2.75, 3.05) is 13.2 Å². The van der Waals surface area contributed by atoms with E-state index in [1.165, 1.54) is 0 Å². The Bertz CT molecular complexity index is 344. The molecular weight excluding hydrogens is 361 g/mol. The summed E-state index contributed by atoms with van der Waals surface area (Å²) in [6, 6.07) is 5.37. The summed E-state index contributed by atoms with van der Waals surface area (Å²) in [7, 11) is 0. The van der Waals surface area contributed by atoms with Crippen molar-refractivity contribution in [3.8, 4) is 0 Å². The second-order valence-corrected chi connectivity index (χ2v) is 4.62. The van der Waals surface area contributed by atoms with Gasteiger partial charge in [0.1, 0.15) is 0 Å². The summed E-state index contributed by atoms with van der Waals surface area (Å²) in [5, 5.41) is 11.1. The Kier molecular flexibility index (Phi) is 4.83. The molecule has 76 valence electrons. The molecule has 2 N–H and O–H groups in total.